The van der Waals surface area contributed by atoms with Crippen LogP contribution in [0.15, 0.2) is 24.3 Å². The van der Waals surface area contributed by atoms with E-state index in [9.17, 15) is 18.0 Å². The van der Waals surface area contributed by atoms with Gasteiger partial charge in [0.2, 0.25) is 0 Å². The van der Waals surface area contributed by atoms with E-state index in [4.69, 9.17) is 0 Å². The van der Waals surface area contributed by atoms with Crippen LogP contribution in [0.4, 0.5) is 23.7 Å². The molecule has 2 amide bonds. The fourth-order valence-corrected chi connectivity index (χ4v) is 1.66. The van der Waals surface area contributed by atoms with Crippen LogP contribution in [0.2, 0.25) is 0 Å². The zero-order valence-electron chi connectivity index (χ0n) is 10.8. The van der Waals surface area contributed by atoms with E-state index in [0.29, 0.717) is 18.3 Å². The maximum Gasteiger partial charge on any atom is 0.405 e. The molecule has 1 aromatic rings. The molecule has 1 aliphatic carbocycles. The summed E-state index contributed by atoms with van der Waals surface area (Å²) in [4.78, 5) is 11.3. The normalized spacial score (nSPS) is 14.9. The van der Waals surface area contributed by atoms with Crippen molar-refractivity contribution in [2.24, 2.45) is 0 Å². The highest BCUT2D eigenvalue weighted by atomic mass is 19.4. The van der Waals surface area contributed by atoms with E-state index in [1.54, 1.807) is 23.5 Å². The molecule has 0 spiro atoms. The number of hydrogen-bond donors (Lipinski definition) is 3. The zero-order valence-corrected chi connectivity index (χ0v) is 10.8. The van der Waals surface area contributed by atoms with Gasteiger partial charge in [-0.3, -0.25) is 0 Å². The molecular weight excluding hydrogens is 271 g/mol. The average Bonchev–Trinajstić information content (AvgIpc) is 3.18. The first kappa shape index (κ1) is 14.6. The largest absolute Gasteiger partial charge is 0.405 e. The highest BCUT2D eigenvalue weighted by molar-refractivity contribution is 5.89. The number of rotatable bonds is 5. The molecule has 0 saturated heterocycles. The first-order chi connectivity index (χ1) is 9.42. The van der Waals surface area contributed by atoms with Crippen LogP contribution in [-0.4, -0.2) is 24.8 Å². The minimum absolute atomic E-state index is 0.472. The SMILES string of the molecule is O=C(NCC(F)(F)F)Nc1cccc(CNC2CC2)c1. The quantitative estimate of drug-likeness (QED) is 0.779. The third-order valence-electron chi connectivity index (χ3n) is 2.81. The van der Waals surface area contributed by atoms with E-state index in [0.717, 1.165) is 5.56 Å². The molecule has 0 unspecified atom stereocenters. The molecule has 1 fully saturated rings. The van der Waals surface area contributed by atoms with E-state index in [-0.39, 0.29) is 0 Å². The van der Waals surface area contributed by atoms with Gasteiger partial charge in [-0.05, 0) is 30.5 Å². The Kier molecular flexibility index (Phi) is 4.49. The smallest absolute Gasteiger partial charge is 0.329 e. The molecule has 1 aliphatic rings. The van der Waals surface area contributed by atoms with Gasteiger partial charge in [-0.25, -0.2) is 4.79 Å². The van der Waals surface area contributed by atoms with Crippen molar-refractivity contribution >= 4 is 11.7 Å². The highest BCUT2D eigenvalue weighted by Gasteiger charge is 2.27. The molecule has 110 valence electrons. The monoisotopic (exact) mass is 287 g/mol. The molecule has 20 heavy (non-hydrogen) atoms. The van der Waals surface area contributed by atoms with E-state index >= 15 is 0 Å². The molecule has 3 N–H and O–H groups in total. The second-order valence-corrected chi connectivity index (χ2v) is 4.78. The number of amides is 2. The maximum atomic E-state index is 12.0. The summed E-state index contributed by atoms with van der Waals surface area (Å²) < 4.78 is 35.9. The first-order valence-electron chi connectivity index (χ1n) is 6.36. The van der Waals surface area contributed by atoms with Crippen molar-refractivity contribution in [2.75, 3.05) is 11.9 Å². The Morgan fingerprint density at radius 3 is 2.70 bits per heavy atom. The van der Waals surface area contributed by atoms with Crippen molar-refractivity contribution in [2.45, 2.75) is 31.6 Å². The van der Waals surface area contributed by atoms with Crippen LogP contribution in [0.25, 0.3) is 0 Å². The molecule has 0 radical (unpaired) electrons. The van der Waals surface area contributed by atoms with E-state index < -0.39 is 18.8 Å². The number of carbonyl (C=O) groups excluding carboxylic acids is 1. The van der Waals surface area contributed by atoms with Gasteiger partial charge in [0.1, 0.15) is 6.54 Å². The Bertz CT molecular complexity index is 472. The molecular formula is C13H16F3N3O. The summed E-state index contributed by atoms with van der Waals surface area (Å²) >= 11 is 0. The van der Waals surface area contributed by atoms with Gasteiger partial charge in [-0.1, -0.05) is 12.1 Å². The standard InChI is InChI=1S/C13H16F3N3O/c14-13(15,16)8-18-12(20)19-11-3-1-2-9(6-11)7-17-10-4-5-10/h1-3,6,10,17H,4-5,7-8H2,(H2,18,19,20). The van der Waals surface area contributed by atoms with Crippen LogP contribution < -0.4 is 16.0 Å². The average molecular weight is 287 g/mol. The summed E-state index contributed by atoms with van der Waals surface area (Å²) in [6.45, 7) is -0.661. The molecule has 0 bridgehead atoms. The molecule has 4 nitrogen and oxygen atoms in total. The Labute approximate surface area is 114 Å². The minimum atomic E-state index is -4.41. The fraction of sp³-hybridized carbons (Fsp3) is 0.462. The summed E-state index contributed by atoms with van der Waals surface area (Å²) in [7, 11) is 0. The predicted molar refractivity (Wildman–Crippen MR) is 69.4 cm³/mol. The van der Waals surface area contributed by atoms with E-state index in [1.165, 1.54) is 12.8 Å². The molecule has 2 rings (SSSR count). The van der Waals surface area contributed by atoms with Crippen LogP contribution in [0, 0.1) is 0 Å². The molecule has 0 atom stereocenters. The summed E-state index contributed by atoms with van der Waals surface area (Å²) in [6, 6.07) is 6.73. The lowest BCUT2D eigenvalue weighted by Crippen LogP contribution is -2.36. The van der Waals surface area contributed by atoms with Crippen LogP contribution in [0.5, 0.6) is 0 Å². The summed E-state index contributed by atoms with van der Waals surface area (Å²) in [5, 5.41) is 7.46. The van der Waals surface area contributed by atoms with Crippen LogP contribution in [0.1, 0.15) is 18.4 Å². The van der Waals surface area contributed by atoms with Gasteiger partial charge in [0.05, 0.1) is 0 Å². The van der Waals surface area contributed by atoms with Gasteiger partial charge in [0, 0.05) is 18.3 Å². The number of carbonyl (C=O) groups is 1. The third kappa shape index (κ3) is 5.48. The Morgan fingerprint density at radius 1 is 1.30 bits per heavy atom. The number of hydrogen-bond acceptors (Lipinski definition) is 2. The molecule has 0 heterocycles. The Morgan fingerprint density at radius 2 is 2.05 bits per heavy atom. The topological polar surface area (TPSA) is 53.2 Å². The van der Waals surface area contributed by atoms with Crippen LogP contribution >= 0.6 is 0 Å². The first-order valence-corrected chi connectivity index (χ1v) is 6.36. The predicted octanol–water partition coefficient (Wildman–Crippen LogP) is 2.62. The maximum absolute atomic E-state index is 12.0. The van der Waals surface area contributed by atoms with Crippen molar-refractivity contribution in [3.05, 3.63) is 29.8 Å². The molecule has 0 aliphatic heterocycles. The van der Waals surface area contributed by atoms with Crippen molar-refractivity contribution in [3.63, 3.8) is 0 Å². The molecule has 7 heteroatoms. The number of urea groups is 1. The lowest BCUT2D eigenvalue weighted by atomic mass is 10.2. The Balaban J connectivity index is 1.81. The van der Waals surface area contributed by atoms with Gasteiger partial charge in [0.25, 0.3) is 0 Å². The van der Waals surface area contributed by atoms with Gasteiger partial charge in [-0.15, -0.1) is 0 Å². The molecule has 0 aromatic heterocycles. The Hall–Kier alpha value is -1.76. The zero-order chi connectivity index (χ0) is 14.6. The lowest BCUT2D eigenvalue weighted by molar-refractivity contribution is -0.122. The van der Waals surface area contributed by atoms with Gasteiger partial charge < -0.3 is 16.0 Å². The van der Waals surface area contributed by atoms with Gasteiger partial charge >= 0.3 is 12.2 Å². The summed E-state index contributed by atoms with van der Waals surface area (Å²) in [5.74, 6) is 0. The van der Waals surface area contributed by atoms with Crippen molar-refractivity contribution < 1.29 is 18.0 Å². The fourth-order valence-electron chi connectivity index (χ4n) is 1.66. The second kappa shape index (κ2) is 6.13. The minimum Gasteiger partial charge on any atom is -0.329 e. The van der Waals surface area contributed by atoms with Crippen LogP contribution in [0.3, 0.4) is 0 Å². The second-order valence-electron chi connectivity index (χ2n) is 4.78. The summed E-state index contributed by atoms with van der Waals surface area (Å²) in [6.07, 6.45) is -2.05. The number of nitrogens with one attached hydrogen (secondary N) is 3. The lowest BCUT2D eigenvalue weighted by Gasteiger charge is -2.11. The van der Waals surface area contributed by atoms with E-state index in [2.05, 4.69) is 10.6 Å². The van der Waals surface area contributed by atoms with Gasteiger partial charge in [-0.2, -0.15) is 13.2 Å². The van der Waals surface area contributed by atoms with Crippen LogP contribution in [-0.2, 0) is 6.54 Å². The van der Waals surface area contributed by atoms with Crippen molar-refractivity contribution in [3.8, 4) is 0 Å². The van der Waals surface area contributed by atoms with Gasteiger partial charge in [0.15, 0.2) is 0 Å². The molecule has 1 aromatic carbocycles. The number of anilines is 1. The number of halogens is 3. The number of benzene rings is 1. The van der Waals surface area contributed by atoms with Crippen molar-refractivity contribution in [1.29, 1.82) is 0 Å². The highest BCUT2D eigenvalue weighted by Crippen LogP contribution is 2.20. The van der Waals surface area contributed by atoms with Crippen molar-refractivity contribution in [1.82, 2.24) is 10.6 Å². The summed E-state index contributed by atoms with van der Waals surface area (Å²) in [5.41, 5.74) is 1.45. The van der Waals surface area contributed by atoms with E-state index in [1.807, 2.05) is 6.07 Å². The number of alkyl halides is 3. The molecule has 1 saturated carbocycles. The third-order valence-corrected chi connectivity index (χ3v) is 2.81.